The zero-order valence-electron chi connectivity index (χ0n) is 29.4. The zero-order chi connectivity index (χ0) is 29.8. The molecule has 0 heterocycles. The molecule has 4 aliphatic carbocycles. The average Bonchev–Trinajstić information content (AvgIpc) is 3.46. The number of fused-ring (bicyclic) bond motifs is 2. The van der Waals surface area contributed by atoms with Crippen LogP contribution in [0, 0.1) is 50.4 Å². The van der Waals surface area contributed by atoms with E-state index in [4.69, 9.17) is 0 Å². The summed E-state index contributed by atoms with van der Waals surface area (Å²) in [6, 6.07) is 0. The average molecular weight is 759 g/mol. The van der Waals surface area contributed by atoms with Crippen LogP contribution < -0.4 is 24.8 Å². The molecule has 2 saturated carbocycles. The van der Waals surface area contributed by atoms with Crippen LogP contribution in [0.2, 0.25) is 78.6 Å². The largest absolute Gasteiger partial charge is 2.00 e. The Balaban J connectivity index is 0. The molecule has 0 saturated heterocycles. The Hall–Kier alpha value is 1.29. The Morgan fingerprint density at radius 3 is 1.02 bits per heavy atom. The van der Waals surface area contributed by atoms with Crippen LogP contribution in [-0.2, 0) is 26.2 Å². The van der Waals surface area contributed by atoms with Gasteiger partial charge in [-0.25, -0.2) is 0 Å². The Morgan fingerprint density at radius 2 is 0.810 bits per heavy atom. The van der Waals surface area contributed by atoms with Gasteiger partial charge in [0.15, 0.2) is 0 Å². The van der Waals surface area contributed by atoms with Crippen LogP contribution >= 0.6 is 0 Å². The van der Waals surface area contributed by atoms with Crippen molar-refractivity contribution in [3.63, 3.8) is 0 Å². The fraction of sp³-hybridized carbons (Fsp3) is 0.657. The third-order valence-electron chi connectivity index (χ3n) is 9.03. The van der Waals surface area contributed by atoms with Crippen LogP contribution in [0.4, 0.5) is 0 Å². The summed E-state index contributed by atoms with van der Waals surface area (Å²) >= 11 is 0. The number of halogens is 2. The smallest absolute Gasteiger partial charge is 1.00 e. The molecule has 0 aliphatic heterocycles. The third kappa shape index (κ3) is 12.5. The summed E-state index contributed by atoms with van der Waals surface area (Å²) in [5.41, 5.74) is 0. The van der Waals surface area contributed by atoms with Gasteiger partial charge in [-0.05, 0) is 11.8 Å². The van der Waals surface area contributed by atoms with E-state index >= 15 is 0 Å². The van der Waals surface area contributed by atoms with Crippen LogP contribution in [0.1, 0.15) is 44.9 Å². The van der Waals surface area contributed by atoms with Crippen molar-refractivity contribution in [3.05, 3.63) is 71.8 Å². The van der Waals surface area contributed by atoms with Crippen molar-refractivity contribution in [2.24, 2.45) is 23.7 Å². The Kier molecular flexibility index (Phi) is 20.1. The van der Waals surface area contributed by atoms with Gasteiger partial charge in [0.05, 0.1) is 32.3 Å². The van der Waals surface area contributed by atoms with Crippen molar-refractivity contribution in [3.8, 4) is 0 Å². The number of unbranched alkanes of at least 4 members (excludes halogenated alkanes) is 2. The summed E-state index contributed by atoms with van der Waals surface area (Å²) in [6.45, 7) is 37.3. The molecule has 0 N–H and O–H groups in total. The van der Waals surface area contributed by atoms with Crippen LogP contribution in [0.5, 0.6) is 0 Å². The minimum absolute atomic E-state index is 0. The second-order valence-electron chi connectivity index (χ2n) is 16.4. The van der Waals surface area contributed by atoms with Crippen molar-refractivity contribution in [1.82, 2.24) is 0 Å². The number of allylic oxidation sites excluding steroid dienone is 8. The molecule has 0 nitrogen and oxygen atoms in total. The normalized spacial score (nSPS) is 25.1. The molecule has 0 aromatic carbocycles. The van der Waals surface area contributed by atoms with Gasteiger partial charge in [0.1, 0.15) is 0 Å². The van der Waals surface area contributed by atoms with Crippen molar-refractivity contribution < 1.29 is 51.0 Å². The van der Waals surface area contributed by atoms with E-state index in [9.17, 15) is 0 Å². The molecule has 0 spiro atoms. The van der Waals surface area contributed by atoms with Crippen LogP contribution in [-0.4, -0.2) is 32.3 Å². The Morgan fingerprint density at radius 1 is 0.548 bits per heavy atom. The van der Waals surface area contributed by atoms with Gasteiger partial charge < -0.3 is 51.5 Å². The summed E-state index contributed by atoms with van der Waals surface area (Å²) in [6.07, 6.45) is 24.0. The molecule has 4 atom stereocenters. The van der Waals surface area contributed by atoms with Crippen LogP contribution in [0.15, 0.2) is 45.1 Å². The number of hydrogen-bond acceptors (Lipinski definition) is 0. The summed E-state index contributed by atoms with van der Waals surface area (Å²) in [5, 5.41) is 7.22. The molecular weight excluding hydrogens is 695 g/mol. The predicted octanol–water partition coefficient (Wildman–Crippen LogP) is 5.51. The van der Waals surface area contributed by atoms with Gasteiger partial charge in [-0.15, -0.1) is 28.6 Å². The second-order valence-corrected chi connectivity index (χ2v) is 36.7. The third-order valence-corrected chi connectivity index (χ3v) is 18.0. The van der Waals surface area contributed by atoms with Gasteiger partial charge in [-0.2, -0.15) is 25.7 Å². The topological polar surface area (TPSA) is 0 Å². The molecule has 0 aromatic heterocycles. The maximum Gasteiger partial charge on any atom is 2.00 e. The van der Waals surface area contributed by atoms with Crippen molar-refractivity contribution in [2.45, 2.75) is 124 Å². The van der Waals surface area contributed by atoms with E-state index in [1.165, 1.54) is 32.1 Å². The van der Waals surface area contributed by atoms with E-state index in [0.717, 1.165) is 36.5 Å². The van der Waals surface area contributed by atoms with Gasteiger partial charge in [0.2, 0.25) is 0 Å². The minimum atomic E-state index is -1.13. The van der Waals surface area contributed by atoms with Gasteiger partial charge >= 0.3 is 26.2 Å². The summed E-state index contributed by atoms with van der Waals surface area (Å²) in [4.78, 5) is 0. The summed E-state index contributed by atoms with van der Waals surface area (Å²) in [7, 11) is -4.50. The van der Waals surface area contributed by atoms with Gasteiger partial charge in [-0.1, -0.05) is 126 Å². The van der Waals surface area contributed by atoms with E-state index in [1.54, 1.807) is 10.4 Å². The Bertz CT molecular complexity index is 792. The predicted molar refractivity (Wildman–Crippen MR) is 191 cm³/mol. The van der Waals surface area contributed by atoms with Gasteiger partial charge in [0.25, 0.3) is 0 Å². The SMILES string of the molecule is C[Si](C)(C)C1=CC=C([Si](C)(C)C)C2CC[CH-]C12.C[Si](C)(C)C1=CC=C([Si](C)(C)C)C2CC[CH-]C12.[CH2-]CCC[CH2-].[Cl-].[Cl-].[Zr+2]. The van der Waals surface area contributed by atoms with E-state index < -0.39 is 32.3 Å². The zero-order valence-corrected chi connectivity index (χ0v) is 37.4. The quantitative estimate of drug-likeness (QED) is 0.248. The van der Waals surface area contributed by atoms with Crippen LogP contribution in [0.3, 0.4) is 0 Å². The fourth-order valence-electron chi connectivity index (χ4n) is 7.10. The van der Waals surface area contributed by atoms with E-state index in [-0.39, 0.29) is 51.0 Å². The first-order chi connectivity index (χ1) is 17.8. The molecule has 0 bridgehead atoms. The molecule has 242 valence electrons. The summed E-state index contributed by atoms with van der Waals surface area (Å²) < 4.78 is 0. The first-order valence-electron chi connectivity index (χ1n) is 15.9. The molecule has 2 fully saturated rings. The van der Waals surface area contributed by atoms with E-state index in [2.05, 4.69) is 130 Å². The first kappa shape index (κ1) is 45.4. The maximum atomic E-state index is 3.64. The molecule has 0 amide bonds. The molecule has 4 aliphatic rings. The molecule has 4 unspecified atom stereocenters. The number of rotatable bonds is 6. The molecule has 0 radical (unpaired) electrons. The van der Waals surface area contributed by atoms with Gasteiger partial charge in [0, 0.05) is 0 Å². The van der Waals surface area contributed by atoms with Gasteiger partial charge in [-0.3, -0.25) is 0 Å². The van der Waals surface area contributed by atoms with Crippen LogP contribution in [0.25, 0.3) is 0 Å². The molecule has 4 rings (SSSR count). The summed E-state index contributed by atoms with van der Waals surface area (Å²) in [5.74, 6) is 3.34. The second kappa shape index (κ2) is 18.6. The minimum Gasteiger partial charge on any atom is -1.00 e. The van der Waals surface area contributed by atoms with Crippen molar-refractivity contribution in [1.29, 1.82) is 0 Å². The maximum absolute atomic E-state index is 3.64. The molecule has 0 aromatic rings. The number of hydrogen-bond donors (Lipinski definition) is 0. The molecule has 7 heteroatoms. The van der Waals surface area contributed by atoms with E-state index in [0.29, 0.717) is 0 Å². The van der Waals surface area contributed by atoms with Crippen molar-refractivity contribution in [2.75, 3.05) is 0 Å². The fourth-order valence-corrected chi connectivity index (χ4v) is 14.9. The first-order valence-corrected chi connectivity index (χ1v) is 29.9. The standard InChI is InChI=1S/2C15H27Si2.C5H10.2ClH.Zr/c2*1-16(2,3)14-10-11-15(17(4,5)6)13-9-7-8-12(13)14;1-3-5-4-2;;;/h2*8,10-13H,7,9H2,1-6H3;1-5H2;2*1H;/q2*-1;-2;;;+2/p-2. The van der Waals surface area contributed by atoms with Crippen molar-refractivity contribution >= 4 is 32.3 Å². The van der Waals surface area contributed by atoms with E-state index in [1.807, 2.05) is 10.4 Å². The molecule has 42 heavy (non-hydrogen) atoms. The Labute approximate surface area is 299 Å². The molecular formula is C35H64Cl2Si4Zr-4. The monoisotopic (exact) mass is 756 g/mol.